The predicted molar refractivity (Wildman–Crippen MR) is 139 cm³/mol. The third-order valence-corrected chi connectivity index (χ3v) is 7.97. The predicted octanol–water partition coefficient (Wildman–Crippen LogP) is 3.80. The Kier molecular flexibility index (Phi) is 6.42. The van der Waals surface area contributed by atoms with E-state index in [-0.39, 0.29) is 23.8 Å². The van der Waals surface area contributed by atoms with Crippen LogP contribution in [0, 0.1) is 5.82 Å². The van der Waals surface area contributed by atoms with Gasteiger partial charge in [0.15, 0.2) is 5.82 Å². The Bertz CT molecular complexity index is 1460. The Hall–Kier alpha value is -4.02. The van der Waals surface area contributed by atoms with Crippen LogP contribution in [0.2, 0.25) is 0 Å². The Morgan fingerprint density at radius 1 is 1.13 bits per heavy atom. The number of rotatable bonds is 6. The Morgan fingerprint density at radius 3 is 2.74 bits per heavy atom. The second-order valence-electron chi connectivity index (χ2n) is 10.2. The van der Waals surface area contributed by atoms with Crippen molar-refractivity contribution in [3.63, 3.8) is 0 Å². The highest BCUT2D eigenvalue weighted by atomic mass is 19.1. The first-order chi connectivity index (χ1) is 18.5. The number of carbonyl (C=O) groups excluding carboxylic acids is 1. The average Bonchev–Trinajstić information content (AvgIpc) is 3.68. The summed E-state index contributed by atoms with van der Waals surface area (Å²) in [6, 6.07) is 8.75. The standard InChI is InChI=1S/C27H31FN8O2/c1-34-26(31-32-33-34)17-5-8-19(9-6-17)30-27(37)22-16-29-36-13-11-20(15-24(22)36)35-12-3-4-23(35)21-14-18(28)7-10-25(21)38-2/h7,10-11,13-17,19,23H,3-6,8-9,12H2,1-2H3,(H,30,37)/t17-,19-,23-/m1/s1. The molecule has 1 saturated heterocycles. The van der Waals surface area contributed by atoms with Crippen LogP contribution in [0.3, 0.4) is 0 Å². The van der Waals surface area contributed by atoms with Crippen LogP contribution in [-0.4, -0.2) is 55.4 Å². The Labute approximate surface area is 219 Å². The number of benzene rings is 1. The number of anilines is 1. The van der Waals surface area contributed by atoms with E-state index >= 15 is 0 Å². The van der Waals surface area contributed by atoms with Crippen molar-refractivity contribution in [2.75, 3.05) is 18.6 Å². The van der Waals surface area contributed by atoms with Crippen molar-refractivity contribution in [2.24, 2.45) is 7.05 Å². The molecule has 4 heterocycles. The fourth-order valence-electron chi connectivity index (χ4n) is 6.03. The van der Waals surface area contributed by atoms with Gasteiger partial charge in [0.1, 0.15) is 11.6 Å². The molecule has 1 atom stereocenters. The minimum Gasteiger partial charge on any atom is -0.496 e. The largest absolute Gasteiger partial charge is 0.496 e. The third-order valence-electron chi connectivity index (χ3n) is 7.97. The van der Waals surface area contributed by atoms with Crippen molar-refractivity contribution in [1.82, 2.24) is 35.1 Å². The second kappa shape index (κ2) is 10.0. The number of methoxy groups -OCH3 is 1. The zero-order valence-corrected chi connectivity index (χ0v) is 21.5. The molecule has 1 N–H and O–H groups in total. The summed E-state index contributed by atoms with van der Waals surface area (Å²) in [4.78, 5) is 15.6. The molecule has 1 saturated carbocycles. The van der Waals surface area contributed by atoms with Crippen LogP contribution < -0.4 is 15.0 Å². The van der Waals surface area contributed by atoms with Gasteiger partial charge >= 0.3 is 0 Å². The van der Waals surface area contributed by atoms with Crippen LogP contribution in [0.4, 0.5) is 10.1 Å². The summed E-state index contributed by atoms with van der Waals surface area (Å²) in [5.41, 5.74) is 3.10. The number of hydrogen-bond acceptors (Lipinski definition) is 7. The van der Waals surface area contributed by atoms with Crippen molar-refractivity contribution < 1.29 is 13.9 Å². The van der Waals surface area contributed by atoms with Gasteiger partial charge in [-0.25, -0.2) is 13.6 Å². The molecule has 1 aromatic carbocycles. The number of aromatic nitrogens is 6. The van der Waals surface area contributed by atoms with Gasteiger partial charge in [-0.15, -0.1) is 5.10 Å². The summed E-state index contributed by atoms with van der Waals surface area (Å²) in [7, 11) is 3.47. The van der Waals surface area contributed by atoms with E-state index in [1.807, 2.05) is 25.4 Å². The van der Waals surface area contributed by atoms with Crippen LogP contribution in [0.5, 0.6) is 5.75 Å². The number of nitrogens with zero attached hydrogens (tertiary/aromatic N) is 7. The molecule has 1 aliphatic carbocycles. The summed E-state index contributed by atoms with van der Waals surface area (Å²) >= 11 is 0. The van der Waals surface area contributed by atoms with Crippen LogP contribution in [0.1, 0.15) is 72.2 Å². The zero-order valence-electron chi connectivity index (χ0n) is 21.5. The molecule has 0 spiro atoms. The molecule has 0 bridgehead atoms. The van der Waals surface area contributed by atoms with Gasteiger partial charge in [0.2, 0.25) is 0 Å². The van der Waals surface area contributed by atoms with Gasteiger partial charge in [0.25, 0.3) is 5.91 Å². The molecular weight excluding hydrogens is 487 g/mol. The molecule has 4 aromatic rings. The fraction of sp³-hybridized carbons (Fsp3) is 0.444. The molecule has 0 unspecified atom stereocenters. The number of aryl methyl sites for hydroxylation is 1. The lowest BCUT2D eigenvalue weighted by atomic mass is 9.85. The number of fused-ring (bicyclic) bond motifs is 1. The molecule has 198 valence electrons. The molecule has 2 fully saturated rings. The molecular formula is C27H31FN8O2. The molecule has 2 aliphatic rings. The van der Waals surface area contributed by atoms with Crippen LogP contribution >= 0.6 is 0 Å². The normalized spacial score (nSPS) is 21.7. The summed E-state index contributed by atoms with van der Waals surface area (Å²) < 4.78 is 23.1. The highest BCUT2D eigenvalue weighted by Gasteiger charge is 2.30. The quantitative estimate of drug-likeness (QED) is 0.414. The smallest absolute Gasteiger partial charge is 0.255 e. The molecule has 1 amide bonds. The number of nitrogens with one attached hydrogen (secondary N) is 1. The van der Waals surface area contributed by atoms with Gasteiger partial charge in [0, 0.05) is 43.0 Å². The third kappa shape index (κ3) is 4.46. The first-order valence-electron chi connectivity index (χ1n) is 13.1. The maximum Gasteiger partial charge on any atom is 0.255 e. The fourth-order valence-corrected chi connectivity index (χ4v) is 6.03. The molecule has 0 radical (unpaired) electrons. The minimum absolute atomic E-state index is 0.0115. The number of pyridine rings is 1. The molecule has 38 heavy (non-hydrogen) atoms. The van der Waals surface area contributed by atoms with Crippen molar-refractivity contribution in [3.8, 4) is 5.75 Å². The van der Waals surface area contributed by atoms with Gasteiger partial charge in [-0.2, -0.15) is 5.10 Å². The SMILES string of the molecule is COc1ccc(F)cc1[C@H]1CCCN1c1ccn2ncc(C(=O)N[C@H]3CC[C@H](c4nnnn4C)CC3)c2c1. The van der Waals surface area contributed by atoms with Crippen molar-refractivity contribution >= 4 is 17.1 Å². The van der Waals surface area contributed by atoms with E-state index in [9.17, 15) is 9.18 Å². The zero-order chi connectivity index (χ0) is 26.2. The van der Waals surface area contributed by atoms with Gasteiger partial charge in [-0.05, 0) is 79.3 Å². The number of hydrogen-bond donors (Lipinski definition) is 1. The molecule has 1 aliphatic heterocycles. The van der Waals surface area contributed by atoms with Crippen molar-refractivity contribution in [2.45, 2.75) is 56.5 Å². The van der Waals surface area contributed by atoms with E-state index in [1.54, 1.807) is 34.6 Å². The molecule has 6 rings (SSSR count). The maximum atomic E-state index is 14.1. The highest BCUT2D eigenvalue weighted by Crippen LogP contribution is 2.40. The molecule has 11 heteroatoms. The lowest BCUT2D eigenvalue weighted by Gasteiger charge is -2.29. The Balaban J connectivity index is 1.20. The van der Waals surface area contributed by atoms with Gasteiger partial charge < -0.3 is 15.0 Å². The topological polar surface area (TPSA) is 102 Å². The van der Waals surface area contributed by atoms with Gasteiger partial charge in [-0.1, -0.05) is 0 Å². The van der Waals surface area contributed by atoms with Gasteiger partial charge in [-0.3, -0.25) is 4.79 Å². The first-order valence-corrected chi connectivity index (χ1v) is 13.1. The van der Waals surface area contributed by atoms with Crippen LogP contribution in [0.25, 0.3) is 5.52 Å². The maximum absolute atomic E-state index is 14.1. The van der Waals surface area contributed by atoms with E-state index in [2.05, 4.69) is 30.8 Å². The lowest BCUT2D eigenvalue weighted by Crippen LogP contribution is -2.37. The minimum atomic E-state index is -0.278. The van der Waals surface area contributed by atoms with E-state index in [0.717, 1.165) is 67.7 Å². The number of carbonyl (C=O) groups is 1. The highest BCUT2D eigenvalue weighted by molar-refractivity contribution is 6.01. The molecule has 10 nitrogen and oxygen atoms in total. The van der Waals surface area contributed by atoms with Crippen LogP contribution in [-0.2, 0) is 7.05 Å². The van der Waals surface area contributed by atoms with Crippen molar-refractivity contribution in [1.29, 1.82) is 0 Å². The summed E-state index contributed by atoms with van der Waals surface area (Å²) in [5, 5.41) is 19.5. The number of ether oxygens (including phenoxy) is 1. The lowest BCUT2D eigenvalue weighted by molar-refractivity contribution is 0.0927. The number of halogens is 1. The summed E-state index contributed by atoms with van der Waals surface area (Å²) in [5.74, 6) is 1.50. The van der Waals surface area contributed by atoms with E-state index in [4.69, 9.17) is 4.74 Å². The average molecular weight is 519 g/mol. The van der Waals surface area contributed by atoms with E-state index in [1.165, 1.54) is 6.07 Å². The second-order valence-corrected chi connectivity index (χ2v) is 10.2. The summed E-state index contributed by atoms with van der Waals surface area (Å²) in [6.45, 7) is 0.834. The monoisotopic (exact) mass is 518 g/mol. The molecule has 3 aromatic heterocycles. The van der Waals surface area contributed by atoms with Crippen molar-refractivity contribution in [3.05, 3.63) is 65.5 Å². The Morgan fingerprint density at radius 2 is 1.97 bits per heavy atom. The van der Waals surface area contributed by atoms with Gasteiger partial charge in [0.05, 0.1) is 30.4 Å². The summed E-state index contributed by atoms with van der Waals surface area (Å²) in [6.07, 6.45) is 8.98. The van der Waals surface area contributed by atoms with E-state index < -0.39 is 0 Å². The number of tetrazole rings is 1. The van der Waals surface area contributed by atoms with Crippen LogP contribution in [0.15, 0.2) is 42.7 Å². The first kappa shape index (κ1) is 24.3. The van der Waals surface area contributed by atoms with E-state index in [0.29, 0.717) is 17.2 Å². The number of amides is 1.